The molecule has 0 fully saturated rings. The molecule has 1 aromatic rings. The molecule has 0 bridgehead atoms. The molecule has 7 heteroatoms. The van der Waals surface area contributed by atoms with Crippen LogP contribution in [0.3, 0.4) is 0 Å². The molecule has 1 rings (SSSR count). The summed E-state index contributed by atoms with van der Waals surface area (Å²) in [5.41, 5.74) is 5.66. The van der Waals surface area contributed by atoms with Gasteiger partial charge in [-0.15, -0.1) is 0 Å². The van der Waals surface area contributed by atoms with Gasteiger partial charge >= 0.3 is 6.18 Å². The minimum atomic E-state index is -4.40. The average Bonchev–Trinajstić information content (AvgIpc) is 2.28. The number of carbonyl (C=O) groups is 1. The summed E-state index contributed by atoms with van der Waals surface area (Å²) in [5, 5.41) is 2.08. The maximum Gasteiger partial charge on any atom is 0.389 e. The Morgan fingerprint density at radius 2 is 2.00 bits per heavy atom. The van der Waals surface area contributed by atoms with Crippen LogP contribution in [0.15, 0.2) is 18.2 Å². The van der Waals surface area contributed by atoms with Gasteiger partial charge in [-0.2, -0.15) is 13.2 Å². The molecular weight excluding hydrogens is 252 g/mol. The molecule has 0 heterocycles. The van der Waals surface area contributed by atoms with E-state index in [0.717, 1.165) is 6.07 Å². The van der Waals surface area contributed by atoms with Gasteiger partial charge in [-0.3, -0.25) is 4.79 Å². The van der Waals surface area contributed by atoms with Crippen LogP contribution in [0.4, 0.5) is 23.2 Å². The van der Waals surface area contributed by atoms with E-state index < -0.39 is 30.7 Å². The molecule has 0 atom stereocenters. The first kappa shape index (κ1) is 14.4. The Morgan fingerprint density at radius 1 is 1.33 bits per heavy atom. The van der Waals surface area contributed by atoms with E-state index in [1.54, 1.807) is 0 Å². The van der Waals surface area contributed by atoms with Crippen LogP contribution in [0.1, 0.15) is 18.4 Å². The highest BCUT2D eigenvalue weighted by atomic mass is 19.4. The molecule has 0 radical (unpaired) electrons. The number of halogens is 4. The number of carbonyl (C=O) groups excluding carboxylic acids is 1. The largest absolute Gasteiger partial charge is 0.389 e. The topological polar surface area (TPSA) is 55.1 Å². The molecule has 0 aliphatic rings. The molecule has 3 N–H and O–H groups in total. The van der Waals surface area contributed by atoms with Crippen LogP contribution in [-0.2, 0) is 11.3 Å². The summed E-state index contributed by atoms with van der Waals surface area (Å²) in [6.45, 7) is 0.138. The van der Waals surface area contributed by atoms with Gasteiger partial charge in [-0.25, -0.2) is 4.39 Å². The van der Waals surface area contributed by atoms with Crippen molar-refractivity contribution in [3.63, 3.8) is 0 Å². The molecule has 3 nitrogen and oxygen atoms in total. The van der Waals surface area contributed by atoms with Crippen molar-refractivity contribution in [2.75, 3.05) is 5.32 Å². The van der Waals surface area contributed by atoms with E-state index in [-0.39, 0.29) is 12.2 Å². The van der Waals surface area contributed by atoms with E-state index in [1.165, 1.54) is 12.1 Å². The predicted octanol–water partition coefficient (Wildman–Crippen LogP) is 2.57. The number of alkyl halides is 3. The highest BCUT2D eigenvalue weighted by molar-refractivity contribution is 5.90. The summed E-state index contributed by atoms with van der Waals surface area (Å²) in [6, 6.07) is 3.88. The van der Waals surface area contributed by atoms with Crippen molar-refractivity contribution in [3.8, 4) is 0 Å². The maximum atomic E-state index is 13.4. The Labute approximate surface area is 101 Å². The monoisotopic (exact) mass is 264 g/mol. The lowest BCUT2D eigenvalue weighted by atomic mass is 10.2. The number of nitrogens with one attached hydrogen (secondary N) is 1. The summed E-state index contributed by atoms with van der Waals surface area (Å²) in [7, 11) is 0. The van der Waals surface area contributed by atoms with Crippen molar-refractivity contribution in [2.45, 2.75) is 25.6 Å². The van der Waals surface area contributed by atoms with Gasteiger partial charge in [-0.05, 0) is 17.7 Å². The number of amides is 1. The van der Waals surface area contributed by atoms with Crippen molar-refractivity contribution in [1.29, 1.82) is 0 Å². The Kier molecular flexibility index (Phi) is 4.66. The van der Waals surface area contributed by atoms with E-state index in [0.29, 0.717) is 5.56 Å². The highest BCUT2D eigenvalue weighted by Gasteiger charge is 2.27. The standard InChI is InChI=1S/C11H12F4N2O/c12-8-5-7(6-16)1-2-9(8)17-10(18)3-4-11(13,14)15/h1-2,5H,3-4,6,16H2,(H,17,18). The zero-order chi connectivity index (χ0) is 13.8. The Bertz CT molecular complexity index is 432. The molecule has 18 heavy (non-hydrogen) atoms. The predicted molar refractivity (Wildman–Crippen MR) is 58.2 cm³/mol. The zero-order valence-electron chi connectivity index (χ0n) is 9.35. The van der Waals surface area contributed by atoms with Crippen LogP contribution in [0, 0.1) is 5.82 Å². The van der Waals surface area contributed by atoms with Crippen molar-refractivity contribution in [3.05, 3.63) is 29.6 Å². The molecule has 1 aromatic carbocycles. The second kappa shape index (κ2) is 5.81. The lowest BCUT2D eigenvalue weighted by Gasteiger charge is -2.09. The van der Waals surface area contributed by atoms with Gasteiger partial charge in [-0.1, -0.05) is 6.07 Å². The number of benzene rings is 1. The van der Waals surface area contributed by atoms with Crippen molar-refractivity contribution in [2.24, 2.45) is 5.73 Å². The van der Waals surface area contributed by atoms with E-state index >= 15 is 0 Å². The highest BCUT2D eigenvalue weighted by Crippen LogP contribution is 2.22. The van der Waals surface area contributed by atoms with Gasteiger partial charge in [0.15, 0.2) is 0 Å². The molecule has 0 aromatic heterocycles. The first-order chi connectivity index (χ1) is 8.31. The second-order valence-corrected chi connectivity index (χ2v) is 3.68. The third-order valence-corrected chi connectivity index (χ3v) is 2.18. The fourth-order valence-corrected chi connectivity index (χ4v) is 1.25. The van der Waals surface area contributed by atoms with Crippen LogP contribution < -0.4 is 11.1 Å². The fraction of sp³-hybridized carbons (Fsp3) is 0.364. The molecule has 100 valence electrons. The van der Waals surface area contributed by atoms with Gasteiger partial charge in [0.2, 0.25) is 5.91 Å². The molecular formula is C11H12F4N2O. The van der Waals surface area contributed by atoms with E-state index in [2.05, 4.69) is 5.32 Å². The zero-order valence-corrected chi connectivity index (χ0v) is 9.35. The van der Waals surface area contributed by atoms with Crippen LogP contribution >= 0.6 is 0 Å². The number of hydrogen-bond donors (Lipinski definition) is 2. The summed E-state index contributed by atoms with van der Waals surface area (Å²) >= 11 is 0. The summed E-state index contributed by atoms with van der Waals surface area (Å²) < 4.78 is 49.0. The lowest BCUT2D eigenvalue weighted by molar-refractivity contribution is -0.142. The Morgan fingerprint density at radius 3 is 2.50 bits per heavy atom. The third kappa shape index (κ3) is 4.70. The molecule has 0 saturated heterocycles. The molecule has 0 spiro atoms. The van der Waals surface area contributed by atoms with Gasteiger partial charge in [0, 0.05) is 13.0 Å². The summed E-state index contributed by atoms with van der Waals surface area (Å²) in [4.78, 5) is 11.2. The van der Waals surface area contributed by atoms with Gasteiger partial charge < -0.3 is 11.1 Å². The number of anilines is 1. The summed E-state index contributed by atoms with van der Waals surface area (Å²) in [5.74, 6) is -1.61. The summed E-state index contributed by atoms with van der Waals surface area (Å²) in [6.07, 6.45) is -6.37. The average molecular weight is 264 g/mol. The molecule has 0 saturated carbocycles. The van der Waals surface area contributed by atoms with E-state index in [9.17, 15) is 22.4 Å². The van der Waals surface area contributed by atoms with Crippen molar-refractivity contribution >= 4 is 11.6 Å². The first-order valence-corrected chi connectivity index (χ1v) is 5.17. The molecule has 1 amide bonds. The number of nitrogens with two attached hydrogens (primary N) is 1. The molecule has 0 unspecified atom stereocenters. The maximum absolute atomic E-state index is 13.4. The number of rotatable bonds is 4. The molecule has 0 aliphatic carbocycles. The fourth-order valence-electron chi connectivity index (χ4n) is 1.25. The molecule has 0 aliphatic heterocycles. The van der Waals surface area contributed by atoms with Crippen LogP contribution in [0.5, 0.6) is 0 Å². The van der Waals surface area contributed by atoms with Gasteiger partial charge in [0.25, 0.3) is 0 Å². The van der Waals surface area contributed by atoms with Crippen LogP contribution in [0.25, 0.3) is 0 Å². The van der Waals surface area contributed by atoms with E-state index in [4.69, 9.17) is 5.73 Å². The minimum Gasteiger partial charge on any atom is -0.326 e. The van der Waals surface area contributed by atoms with Crippen molar-refractivity contribution in [1.82, 2.24) is 0 Å². The number of hydrogen-bond acceptors (Lipinski definition) is 2. The normalized spacial score (nSPS) is 11.4. The second-order valence-electron chi connectivity index (χ2n) is 3.68. The van der Waals surface area contributed by atoms with Crippen LogP contribution in [0.2, 0.25) is 0 Å². The smallest absolute Gasteiger partial charge is 0.326 e. The Hall–Kier alpha value is -1.63. The minimum absolute atomic E-state index is 0.138. The van der Waals surface area contributed by atoms with E-state index in [1.807, 2.05) is 0 Å². The third-order valence-electron chi connectivity index (χ3n) is 2.18. The SMILES string of the molecule is NCc1ccc(NC(=O)CCC(F)(F)F)c(F)c1. The quantitative estimate of drug-likeness (QED) is 0.821. The van der Waals surface area contributed by atoms with Gasteiger partial charge in [0.1, 0.15) is 5.82 Å². The first-order valence-electron chi connectivity index (χ1n) is 5.17. The van der Waals surface area contributed by atoms with Gasteiger partial charge in [0.05, 0.1) is 12.1 Å². The lowest BCUT2D eigenvalue weighted by Crippen LogP contribution is -2.17. The van der Waals surface area contributed by atoms with Crippen LogP contribution in [-0.4, -0.2) is 12.1 Å². The van der Waals surface area contributed by atoms with Crippen molar-refractivity contribution < 1.29 is 22.4 Å². The Balaban J connectivity index is 2.59.